The molecule has 8 heteroatoms. The second-order valence-electron chi connectivity index (χ2n) is 6.67. The first-order valence-corrected chi connectivity index (χ1v) is 9.29. The monoisotopic (exact) mass is 381 g/mol. The molecule has 1 aromatic heterocycles. The number of nitrogens with zero attached hydrogens (tertiary/aromatic N) is 3. The minimum Gasteiger partial charge on any atom is -0.497 e. The van der Waals surface area contributed by atoms with Gasteiger partial charge in [-0.1, -0.05) is 12.1 Å². The molecule has 1 aliphatic heterocycles. The SMILES string of the molecule is COc1ccc([C@@H](CNC(=O)c2ccc3n[nH]nc3c2)N2CCOCC2)cc1. The third-order valence-corrected chi connectivity index (χ3v) is 5.02. The molecule has 8 nitrogen and oxygen atoms in total. The van der Waals surface area contributed by atoms with Gasteiger partial charge in [0.1, 0.15) is 16.8 Å². The van der Waals surface area contributed by atoms with Gasteiger partial charge in [0.05, 0.1) is 26.4 Å². The number of hydrogen-bond acceptors (Lipinski definition) is 6. The minimum absolute atomic E-state index is 0.0644. The molecule has 1 saturated heterocycles. The van der Waals surface area contributed by atoms with Crippen molar-refractivity contribution in [1.29, 1.82) is 0 Å². The molecule has 0 spiro atoms. The van der Waals surface area contributed by atoms with E-state index in [2.05, 4.69) is 25.6 Å². The number of ether oxygens (including phenoxy) is 2. The van der Waals surface area contributed by atoms with E-state index in [0.717, 1.165) is 29.9 Å². The predicted molar refractivity (Wildman–Crippen MR) is 104 cm³/mol. The summed E-state index contributed by atoms with van der Waals surface area (Å²) in [7, 11) is 1.65. The van der Waals surface area contributed by atoms with E-state index < -0.39 is 0 Å². The number of morpholine rings is 1. The summed E-state index contributed by atoms with van der Waals surface area (Å²) in [5.74, 6) is 0.686. The van der Waals surface area contributed by atoms with Gasteiger partial charge in [0.2, 0.25) is 0 Å². The average Bonchev–Trinajstić information content (AvgIpc) is 3.23. The van der Waals surface area contributed by atoms with E-state index in [1.54, 1.807) is 25.3 Å². The second-order valence-corrected chi connectivity index (χ2v) is 6.67. The first kappa shape index (κ1) is 18.4. The average molecular weight is 381 g/mol. The molecule has 0 saturated carbocycles. The molecule has 4 rings (SSSR count). The van der Waals surface area contributed by atoms with E-state index in [9.17, 15) is 4.79 Å². The molecule has 0 aliphatic carbocycles. The van der Waals surface area contributed by atoms with Crippen molar-refractivity contribution in [1.82, 2.24) is 25.6 Å². The summed E-state index contributed by atoms with van der Waals surface area (Å²) in [4.78, 5) is 15.0. The number of amides is 1. The van der Waals surface area contributed by atoms with E-state index in [4.69, 9.17) is 9.47 Å². The number of carbonyl (C=O) groups is 1. The van der Waals surface area contributed by atoms with Gasteiger partial charge in [0.25, 0.3) is 5.91 Å². The van der Waals surface area contributed by atoms with Crippen molar-refractivity contribution in [3.05, 3.63) is 53.6 Å². The summed E-state index contributed by atoms with van der Waals surface area (Å²) in [6.45, 7) is 3.56. The Morgan fingerprint density at radius 1 is 1.18 bits per heavy atom. The summed E-state index contributed by atoms with van der Waals surface area (Å²) in [6, 6.07) is 13.3. The summed E-state index contributed by atoms with van der Waals surface area (Å²) in [6.07, 6.45) is 0. The smallest absolute Gasteiger partial charge is 0.251 e. The molecular weight excluding hydrogens is 358 g/mol. The lowest BCUT2D eigenvalue weighted by Gasteiger charge is -2.35. The summed E-state index contributed by atoms with van der Waals surface area (Å²) < 4.78 is 10.7. The van der Waals surface area contributed by atoms with Gasteiger partial charge in [-0.3, -0.25) is 9.69 Å². The molecule has 146 valence electrons. The molecule has 2 heterocycles. The number of hydrogen-bond donors (Lipinski definition) is 2. The molecule has 1 fully saturated rings. The molecule has 2 aromatic carbocycles. The van der Waals surface area contributed by atoms with Crippen molar-refractivity contribution in [3.63, 3.8) is 0 Å². The molecular formula is C20H23N5O3. The van der Waals surface area contributed by atoms with Crippen LogP contribution < -0.4 is 10.1 Å². The van der Waals surface area contributed by atoms with Crippen LogP contribution in [0, 0.1) is 0 Å². The molecule has 2 N–H and O–H groups in total. The fourth-order valence-corrected chi connectivity index (χ4v) is 3.45. The van der Waals surface area contributed by atoms with Gasteiger partial charge in [-0.25, -0.2) is 0 Å². The number of methoxy groups -OCH3 is 1. The summed E-state index contributed by atoms with van der Waals surface area (Å²) in [5, 5.41) is 13.7. The van der Waals surface area contributed by atoms with Crippen LogP contribution in [0.1, 0.15) is 22.0 Å². The van der Waals surface area contributed by atoms with Crippen molar-refractivity contribution < 1.29 is 14.3 Å². The molecule has 1 amide bonds. The van der Waals surface area contributed by atoms with Gasteiger partial charge in [0.15, 0.2) is 0 Å². The van der Waals surface area contributed by atoms with Crippen LogP contribution in [0.5, 0.6) is 5.75 Å². The molecule has 0 bridgehead atoms. The van der Waals surface area contributed by atoms with Crippen LogP contribution in [0.3, 0.4) is 0 Å². The van der Waals surface area contributed by atoms with Crippen LogP contribution in [0.25, 0.3) is 11.0 Å². The van der Waals surface area contributed by atoms with E-state index in [0.29, 0.717) is 30.8 Å². The second kappa shape index (κ2) is 8.37. The van der Waals surface area contributed by atoms with Crippen LogP contribution in [0.4, 0.5) is 0 Å². The standard InChI is InChI=1S/C20H23N5O3/c1-27-16-5-2-14(3-6-16)19(25-8-10-28-11-9-25)13-21-20(26)15-4-7-17-18(12-15)23-24-22-17/h2-7,12,19H,8-11,13H2,1H3,(H,21,26)(H,22,23,24)/t19-/m1/s1. The normalized spacial score (nSPS) is 16.0. The minimum atomic E-state index is -0.128. The quantitative estimate of drug-likeness (QED) is 0.676. The highest BCUT2D eigenvalue weighted by atomic mass is 16.5. The largest absolute Gasteiger partial charge is 0.497 e. The molecule has 1 atom stereocenters. The van der Waals surface area contributed by atoms with Crippen molar-refractivity contribution in [2.75, 3.05) is 40.0 Å². The Hall–Kier alpha value is -2.97. The zero-order valence-corrected chi connectivity index (χ0v) is 15.7. The third kappa shape index (κ3) is 3.97. The maximum atomic E-state index is 12.7. The van der Waals surface area contributed by atoms with Crippen LogP contribution in [0.15, 0.2) is 42.5 Å². The molecule has 28 heavy (non-hydrogen) atoms. The Balaban J connectivity index is 1.50. The Morgan fingerprint density at radius 3 is 2.68 bits per heavy atom. The van der Waals surface area contributed by atoms with Crippen LogP contribution >= 0.6 is 0 Å². The lowest BCUT2D eigenvalue weighted by Crippen LogP contribution is -2.43. The maximum absolute atomic E-state index is 12.7. The zero-order valence-electron chi connectivity index (χ0n) is 15.7. The van der Waals surface area contributed by atoms with E-state index in [-0.39, 0.29) is 11.9 Å². The Bertz CT molecular complexity index is 934. The topological polar surface area (TPSA) is 92.4 Å². The van der Waals surface area contributed by atoms with Gasteiger partial charge >= 0.3 is 0 Å². The number of H-pyrrole nitrogens is 1. The van der Waals surface area contributed by atoms with Crippen molar-refractivity contribution in [2.24, 2.45) is 0 Å². The molecule has 1 aliphatic rings. The lowest BCUT2D eigenvalue weighted by molar-refractivity contribution is 0.0162. The first-order valence-electron chi connectivity index (χ1n) is 9.29. The van der Waals surface area contributed by atoms with Crippen molar-refractivity contribution >= 4 is 16.9 Å². The Kier molecular flexibility index (Phi) is 5.50. The van der Waals surface area contributed by atoms with Gasteiger partial charge in [0, 0.05) is 25.2 Å². The van der Waals surface area contributed by atoms with Gasteiger partial charge in [-0.2, -0.15) is 15.4 Å². The number of aromatic amines is 1. The molecule has 0 radical (unpaired) electrons. The fraction of sp³-hybridized carbons (Fsp3) is 0.350. The fourth-order valence-electron chi connectivity index (χ4n) is 3.45. The number of rotatable bonds is 6. The van der Waals surface area contributed by atoms with Gasteiger partial charge in [-0.05, 0) is 35.9 Å². The lowest BCUT2D eigenvalue weighted by atomic mass is 10.0. The zero-order chi connectivity index (χ0) is 19.3. The predicted octanol–water partition coefficient (Wildman–Crippen LogP) is 1.77. The number of carbonyl (C=O) groups excluding carboxylic acids is 1. The molecule has 0 unspecified atom stereocenters. The van der Waals surface area contributed by atoms with E-state index in [1.165, 1.54) is 0 Å². The number of benzene rings is 2. The summed E-state index contributed by atoms with van der Waals surface area (Å²) >= 11 is 0. The Labute approximate surface area is 162 Å². The Morgan fingerprint density at radius 2 is 1.93 bits per heavy atom. The number of aromatic nitrogens is 3. The van der Waals surface area contributed by atoms with E-state index in [1.807, 2.05) is 24.3 Å². The van der Waals surface area contributed by atoms with Crippen LogP contribution in [0.2, 0.25) is 0 Å². The maximum Gasteiger partial charge on any atom is 0.251 e. The molecule has 3 aromatic rings. The first-order chi connectivity index (χ1) is 13.7. The van der Waals surface area contributed by atoms with Crippen LogP contribution in [-0.4, -0.2) is 66.2 Å². The summed E-state index contributed by atoms with van der Waals surface area (Å²) in [5.41, 5.74) is 3.11. The van der Waals surface area contributed by atoms with Gasteiger partial charge < -0.3 is 14.8 Å². The third-order valence-electron chi connectivity index (χ3n) is 5.02. The van der Waals surface area contributed by atoms with Crippen molar-refractivity contribution in [3.8, 4) is 5.75 Å². The van der Waals surface area contributed by atoms with E-state index >= 15 is 0 Å². The van der Waals surface area contributed by atoms with Gasteiger partial charge in [-0.15, -0.1) is 0 Å². The number of fused-ring (bicyclic) bond motifs is 1. The highest BCUT2D eigenvalue weighted by Crippen LogP contribution is 2.24. The highest BCUT2D eigenvalue weighted by molar-refractivity contribution is 5.97. The highest BCUT2D eigenvalue weighted by Gasteiger charge is 2.23. The van der Waals surface area contributed by atoms with Crippen molar-refractivity contribution in [2.45, 2.75) is 6.04 Å². The number of nitrogens with one attached hydrogen (secondary N) is 2. The van der Waals surface area contributed by atoms with Crippen LogP contribution in [-0.2, 0) is 4.74 Å².